The van der Waals surface area contributed by atoms with Crippen molar-refractivity contribution in [3.63, 3.8) is 0 Å². The number of aromatic amines is 1. The van der Waals surface area contributed by atoms with Crippen LogP contribution in [-0.2, 0) is 0 Å². The smallest absolute Gasteiger partial charge is 0.257 e. The Balaban J connectivity index is 1.99. The number of nitrogens with zero attached hydrogens (tertiary/aromatic N) is 1. The van der Waals surface area contributed by atoms with Crippen LogP contribution < -0.4 is 5.56 Å². The molecule has 3 rings (SSSR count). The van der Waals surface area contributed by atoms with Gasteiger partial charge in [-0.15, -0.1) is 0 Å². The van der Waals surface area contributed by atoms with E-state index in [1.807, 2.05) is 0 Å². The molecule has 0 aromatic carbocycles. The van der Waals surface area contributed by atoms with Gasteiger partial charge in [0.2, 0.25) is 5.88 Å². The summed E-state index contributed by atoms with van der Waals surface area (Å²) in [6.07, 6.45) is 4.95. The summed E-state index contributed by atoms with van der Waals surface area (Å²) in [5, 5.41) is 9.58. The van der Waals surface area contributed by atoms with E-state index >= 15 is 0 Å². The Morgan fingerprint density at radius 3 is 2.75 bits per heavy atom. The van der Waals surface area contributed by atoms with Gasteiger partial charge in [-0.3, -0.25) is 4.79 Å². The molecule has 1 heterocycles. The van der Waals surface area contributed by atoms with Gasteiger partial charge in [-0.25, -0.2) is 0 Å². The van der Waals surface area contributed by atoms with E-state index in [0.29, 0.717) is 23.2 Å². The second kappa shape index (κ2) is 3.34. The molecule has 0 spiro atoms. The number of rotatable bonds is 1. The summed E-state index contributed by atoms with van der Waals surface area (Å²) in [7, 11) is 0. The van der Waals surface area contributed by atoms with Gasteiger partial charge in [-0.1, -0.05) is 6.42 Å². The van der Waals surface area contributed by atoms with Crippen molar-refractivity contribution in [1.29, 1.82) is 0 Å². The van der Waals surface area contributed by atoms with Crippen LogP contribution in [0.15, 0.2) is 4.79 Å². The predicted molar refractivity (Wildman–Crippen MR) is 59.4 cm³/mol. The molecule has 3 unspecified atom stereocenters. The summed E-state index contributed by atoms with van der Waals surface area (Å²) in [6.45, 7) is 1.59. The zero-order valence-electron chi connectivity index (χ0n) is 9.36. The standard InChI is InChI=1S/C12H16N2O2/c1-6-11(15)13-10(14-12(6)16)9-5-7-2-3-8(9)4-7/h7-9H,2-5H2,1H3,(H2,13,14,15,16). The van der Waals surface area contributed by atoms with Gasteiger partial charge in [0.25, 0.3) is 5.56 Å². The molecular formula is C12H16N2O2. The zero-order valence-corrected chi connectivity index (χ0v) is 9.36. The lowest BCUT2D eigenvalue weighted by molar-refractivity contribution is 0.390. The number of hydrogen-bond acceptors (Lipinski definition) is 3. The first-order valence-electron chi connectivity index (χ1n) is 5.95. The molecule has 0 saturated heterocycles. The van der Waals surface area contributed by atoms with Crippen molar-refractivity contribution in [2.24, 2.45) is 11.8 Å². The molecule has 16 heavy (non-hydrogen) atoms. The second-order valence-corrected chi connectivity index (χ2v) is 5.18. The van der Waals surface area contributed by atoms with Gasteiger partial charge in [0, 0.05) is 5.92 Å². The SMILES string of the molecule is Cc1c(O)nc(C2CC3CCC2C3)[nH]c1=O. The molecule has 0 radical (unpaired) electrons. The fraction of sp³-hybridized carbons (Fsp3) is 0.667. The van der Waals surface area contributed by atoms with E-state index in [4.69, 9.17) is 0 Å². The van der Waals surface area contributed by atoms with Crippen LogP contribution in [-0.4, -0.2) is 15.1 Å². The molecule has 0 amide bonds. The number of aromatic hydroxyl groups is 1. The van der Waals surface area contributed by atoms with Crippen LogP contribution >= 0.6 is 0 Å². The number of hydrogen-bond donors (Lipinski definition) is 2. The summed E-state index contributed by atoms with van der Waals surface area (Å²) < 4.78 is 0. The van der Waals surface area contributed by atoms with Crippen LogP contribution in [0, 0.1) is 18.8 Å². The molecule has 2 aliphatic carbocycles. The fourth-order valence-electron chi connectivity index (χ4n) is 3.29. The Labute approximate surface area is 93.7 Å². The quantitative estimate of drug-likeness (QED) is 0.756. The third kappa shape index (κ3) is 1.36. The lowest BCUT2D eigenvalue weighted by Gasteiger charge is -2.20. The number of aromatic nitrogens is 2. The van der Waals surface area contributed by atoms with E-state index in [-0.39, 0.29) is 11.4 Å². The molecule has 2 N–H and O–H groups in total. The molecular weight excluding hydrogens is 204 g/mol. The minimum atomic E-state index is -0.203. The largest absolute Gasteiger partial charge is 0.493 e. The molecule has 4 heteroatoms. The summed E-state index contributed by atoms with van der Waals surface area (Å²) in [4.78, 5) is 18.5. The third-order valence-corrected chi connectivity index (χ3v) is 4.23. The Morgan fingerprint density at radius 1 is 1.38 bits per heavy atom. The highest BCUT2D eigenvalue weighted by Crippen LogP contribution is 2.52. The summed E-state index contributed by atoms with van der Waals surface area (Å²) >= 11 is 0. The number of nitrogens with one attached hydrogen (secondary N) is 1. The zero-order chi connectivity index (χ0) is 11.3. The minimum Gasteiger partial charge on any atom is -0.493 e. The summed E-state index contributed by atoms with van der Waals surface area (Å²) in [5.74, 6) is 2.42. The van der Waals surface area contributed by atoms with Gasteiger partial charge in [-0.2, -0.15) is 4.98 Å². The van der Waals surface area contributed by atoms with Gasteiger partial charge >= 0.3 is 0 Å². The van der Waals surface area contributed by atoms with E-state index in [1.165, 1.54) is 19.3 Å². The first-order valence-corrected chi connectivity index (χ1v) is 5.95. The minimum absolute atomic E-state index is 0.110. The molecule has 2 fully saturated rings. The third-order valence-electron chi connectivity index (χ3n) is 4.23. The van der Waals surface area contributed by atoms with Gasteiger partial charge in [0.1, 0.15) is 5.82 Å². The predicted octanol–water partition coefficient (Wildman–Crippen LogP) is 1.69. The van der Waals surface area contributed by atoms with E-state index < -0.39 is 0 Å². The molecule has 2 saturated carbocycles. The van der Waals surface area contributed by atoms with Gasteiger partial charge in [-0.05, 0) is 38.0 Å². The monoisotopic (exact) mass is 220 g/mol. The van der Waals surface area contributed by atoms with Crippen LogP contribution in [0.25, 0.3) is 0 Å². The van der Waals surface area contributed by atoms with Crippen molar-refractivity contribution >= 4 is 0 Å². The fourth-order valence-corrected chi connectivity index (χ4v) is 3.29. The lowest BCUT2D eigenvalue weighted by Crippen LogP contribution is -2.19. The van der Waals surface area contributed by atoms with E-state index in [0.717, 1.165) is 12.3 Å². The van der Waals surface area contributed by atoms with Crippen LogP contribution in [0.4, 0.5) is 0 Å². The average Bonchev–Trinajstić information content (AvgIpc) is 2.86. The van der Waals surface area contributed by atoms with Crippen molar-refractivity contribution in [2.75, 3.05) is 0 Å². The molecule has 0 aliphatic heterocycles. The molecule has 2 bridgehead atoms. The number of fused-ring (bicyclic) bond motifs is 2. The number of H-pyrrole nitrogens is 1. The average molecular weight is 220 g/mol. The van der Waals surface area contributed by atoms with Crippen molar-refractivity contribution in [3.05, 3.63) is 21.7 Å². The molecule has 2 aliphatic rings. The summed E-state index contributed by atoms with van der Waals surface area (Å²) in [6, 6.07) is 0. The van der Waals surface area contributed by atoms with Crippen LogP contribution in [0.2, 0.25) is 0 Å². The lowest BCUT2D eigenvalue weighted by atomic mass is 9.88. The molecule has 1 aromatic heterocycles. The first-order chi connectivity index (χ1) is 7.65. The van der Waals surface area contributed by atoms with Crippen molar-refractivity contribution in [3.8, 4) is 5.88 Å². The Morgan fingerprint density at radius 2 is 2.19 bits per heavy atom. The highest BCUT2D eigenvalue weighted by atomic mass is 16.3. The van der Waals surface area contributed by atoms with E-state index in [1.54, 1.807) is 6.92 Å². The first kappa shape index (κ1) is 9.87. The Bertz CT molecular complexity index is 480. The van der Waals surface area contributed by atoms with Crippen LogP contribution in [0.5, 0.6) is 5.88 Å². The van der Waals surface area contributed by atoms with E-state index in [2.05, 4.69) is 9.97 Å². The highest BCUT2D eigenvalue weighted by molar-refractivity contribution is 5.22. The molecule has 1 aromatic rings. The normalized spacial score (nSPS) is 32.2. The Hall–Kier alpha value is -1.32. The van der Waals surface area contributed by atoms with Crippen molar-refractivity contribution < 1.29 is 5.11 Å². The molecule has 4 nitrogen and oxygen atoms in total. The summed E-state index contributed by atoms with van der Waals surface area (Å²) in [5.41, 5.74) is 0.108. The maximum Gasteiger partial charge on any atom is 0.257 e. The van der Waals surface area contributed by atoms with Crippen LogP contribution in [0.3, 0.4) is 0 Å². The maximum absolute atomic E-state index is 11.6. The molecule has 3 atom stereocenters. The topological polar surface area (TPSA) is 66.0 Å². The van der Waals surface area contributed by atoms with Crippen molar-refractivity contribution in [1.82, 2.24) is 9.97 Å². The van der Waals surface area contributed by atoms with Gasteiger partial charge in [0.05, 0.1) is 5.56 Å². The van der Waals surface area contributed by atoms with Crippen LogP contribution in [0.1, 0.15) is 43.0 Å². The van der Waals surface area contributed by atoms with Gasteiger partial charge < -0.3 is 10.1 Å². The Kier molecular flexibility index (Phi) is 2.06. The van der Waals surface area contributed by atoms with Crippen molar-refractivity contribution in [2.45, 2.75) is 38.5 Å². The van der Waals surface area contributed by atoms with E-state index in [9.17, 15) is 9.90 Å². The second-order valence-electron chi connectivity index (χ2n) is 5.18. The van der Waals surface area contributed by atoms with Gasteiger partial charge in [0.15, 0.2) is 0 Å². The molecule has 86 valence electrons. The maximum atomic E-state index is 11.6. The highest BCUT2D eigenvalue weighted by Gasteiger charge is 2.41.